The maximum atomic E-state index is 11.9. The van der Waals surface area contributed by atoms with Crippen molar-refractivity contribution < 1.29 is 17.9 Å². The van der Waals surface area contributed by atoms with Crippen LogP contribution < -0.4 is 10.5 Å². The van der Waals surface area contributed by atoms with Crippen LogP contribution in [0, 0.1) is 5.41 Å². The predicted octanol–water partition coefficient (Wildman–Crippen LogP) is 2.35. The molecule has 3 N–H and O–H groups in total. The Hall–Kier alpha value is -1.50. The summed E-state index contributed by atoms with van der Waals surface area (Å²) >= 11 is 5.76. The molecule has 0 aromatic carbocycles. The summed E-state index contributed by atoms with van der Waals surface area (Å²) in [5.74, 6) is -0.471. The molecule has 0 fully saturated rings. The fraction of sp³-hybridized carbons (Fsp3) is 0.333. The summed E-state index contributed by atoms with van der Waals surface area (Å²) in [6, 6.07) is 1.38. The zero-order valence-electron chi connectivity index (χ0n) is 8.51. The van der Waals surface area contributed by atoms with Crippen LogP contribution >= 0.6 is 11.6 Å². The van der Waals surface area contributed by atoms with Crippen molar-refractivity contribution in [2.45, 2.75) is 12.6 Å². The van der Waals surface area contributed by atoms with Crippen molar-refractivity contribution in [3.63, 3.8) is 0 Å². The van der Waals surface area contributed by atoms with E-state index in [-0.39, 0.29) is 22.3 Å². The van der Waals surface area contributed by atoms with Gasteiger partial charge in [0.05, 0.1) is 13.0 Å². The number of rotatable bonds is 4. The second-order valence-corrected chi connectivity index (χ2v) is 3.48. The fourth-order valence-corrected chi connectivity index (χ4v) is 1.26. The van der Waals surface area contributed by atoms with Crippen LogP contribution in [0.2, 0.25) is 5.02 Å². The molecule has 1 heterocycles. The first-order valence-corrected chi connectivity index (χ1v) is 4.87. The number of halogens is 4. The van der Waals surface area contributed by atoms with E-state index in [2.05, 4.69) is 4.98 Å². The van der Waals surface area contributed by atoms with Crippen LogP contribution in [0.15, 0.2) is 12.3 Å². The smallest absolute Gasteiger partial charge is 0.392 e. The largest absolute Gasteiger partial charge is 0.476 e. The molecule has 1 rings (SSSR count). The van der Waals surface area contributed by atoms with Gasteiger partial charge in [-0.25, -0.2) is 4.98 Å². The number of amidine groups is 1. The second kappa shape index (κ2) is 5.22. The van der Waals surface area contributed by atoms with Crippen molar-refractivity contribution in [3.8, 4) is 5.88 Å². The van der Waals surface area contributed by atoms with Crippen LogP contribution in [0.4, 0.5) is 13.2 Å². The van der Waals surface area contributed by atoms with E-state index in [0.717, 1.165) is 0 Å². The normalized spacial score (nSPS) is 11.3. The Morgan fingerprint density at radius 1 is 1.53 bits per heavy atom. The van der Waals surface area contributed by atoms with Crippen LogP contribution in [0.5, 0.6) is 5.88 Å². The van der Waals surface area contributed by atoms with E-state index >= 15 is 0 Å². The number of nitrogens with zero attached hydrogens (tertiary/aromatic N) is 1. The molecule has 1 aromatic rings. The van der Waals surface area contributed by atoms with Crippen molar-refractivity contribution in [2.24, 2.45) is 5.73 Å². The Morgan fingerprint density at radius 2 is 2.18 bits per heavy atom. The van der Waals surface area contributed by atoms with E-state index in [1.54, 1.807) is 0 Å². The molecule has 17 heavy (non-hydrogen) atoms. The summed E-state index contributed by atoms with van der Waals surface area (Å²) in [4.78, 5) is 3.67. The first kappa shape index (κ1) is 13.6. The van der Waals surface area contributed by atoms with Crippen LogP contribution in [-0.2, 0) is 0 Å². The topological polar surface area (TPSA) is 72.0 Å². The first-order chi connectivity index (χ1) is 7.81. The Bertz CT molecular complexity index is 422. The molecule has 0 bridgehead atoms. The Balaban J connectivity index is 2.72. The van der Waals surface area contributed by atoms with Gasteiger partial charge in [-0.1, -0.05) is 11.6 Å². The highest BCUT2D eigenvalue weighted by atomic mass is 35.5. The SMILES string of the molecule is N=C(N)c1ccnc(OCCC(F)(F)F)c1Cl. The molecule has 0 atom stereocenters. The number of aromatic nitrogens is 1. The Morgan fingerprint density at radius 3 is 2.71 bits per heavy atom. The minimum atomic E-state index is -4.30. The molecule has 0 amide bonds. The molecule has 0 radical (unpaired) electrons. The van der Waals surface area contributed by atoms with Crippen LogP contribution in [-0.4, -0.2) is 23.6 Å². The van der Waals surface area contributed by atoms with E-state index in [4.69, 9.17) is 27.5 Å². The van der Waals surface area contributed by atoms with Crippen LogP contribution in [0.25, 0.3) is 0 Å². The van der Waals surface area contributed by atoms with E-state index in [1.165, 1.54) is 12.3 Å². The van der Waals surface area contributed by atoms with Crippen molar-refractivity contribution in [1.29, 1.82) is 5.41 Å². The molecular weight excluding hydrogens is 259 g/mol. The van der Waals surface area contributed by atoms with Crippen LogP contribution in [0.1, 0.15) is 12.0 Å². The monoisotopic (exact) mass is 267 g/mol. The lowest BCUT2D eigenvalue weighted by molar-refractivity contribution is -0.139. The fourth-order valence-electron chi connectivity index (χ4n) is 0.997. The Labute approximate surface area is 100 Å². The third-order valence-electron chi connectivity index (χ3n) is 1.77. The molecule has 0 saturated carbocycles. The molecule has 1 aromatic heterocycles. The highest BCUT2D eigenvalue weighted by Crippen LogP contribution is 2.26. The summed E-state index contributed by atoms with van der Waals surface area (Å²) < 4.78 is 40.4. The molecule has 0 aliphatic carbocycles. The van der Waals surface area contributed by atoms with E-state index in [0.29, 0.717) is 0 Å². The molecule has 0 saturated heterocycles. The van der Waals surface area contributed by atoms with Gasteiger partial charge < -0.3 is 10.5 Å². The molecule has 0 aliphatic rings. The van der Waals surface area contributed by atoms with Gasteiger partial charge in [-0.15, -0.1) is 0 Å². The number of hydrogen-bond donors (Lipinski definition) is 2. The molecule has 94 valence electrons. The molecule has 0 spiro atoms. The number of alkyl halides is 3. The summed E-state index contributed by atoms with van der Waals surface area (Å²) in [7, 11) is 0. The highest BCUT2D eigenvalue weighted by Gasteiger charge is 2.27. The molecular formula is C9H9ClF3N3O. The van der Waals surface area contributed by atoms with Crippen molar-refractivity contribution >= 4 is 17.4 Å². The van der Waals surface area contributed by atoms with E-state index in [1.807, 2.05) is 0 Å². The van der Waals surface area contributed by atoms with E-state index < -0.39 is 19.2 Å². The summed E-state index contributed by atoms with van der Waals surface area (Å²) in [6.07, 6.45) is -4.15. The van der Waals surface area contributed by atoms with Gasteiger partial charge in [0.2, 0.25) is 5.88 Å². The standard InChI is InChI=1S/C9H9ClF3N3O/c10-6-5(7(14)15)1-3-16-8(6)17-4-2-9(11,12)13/h1,3H,2,4H2,(H3,14,15). The van der Waals surface area contributed by atoms with Crippen molar-refractivity contribution in [2.75, 3.05) is 6.61 Å². The van der Waals surface area contributed by atoms with Gasteiger partial charge in [-0.3, -0.25) is 5.41 Å². The maximum absolute atomic E-state index is 11.9. The third kappa shape index (κ3) is 4.10. The number of nitrogens with two attached hydrogens (primary N) is 1. The average molecular weight is 268 g/mol. The quantitative estimate of drug-likeness (QED) is 0.650. The number of ether oxygens (including phenoxy) is 1. The summed E-state index contributed by atoms with van der Waals surface area (Å²) in [5, 5.41) is 7.11. The lowest BCUT2D eigenvalue weighted by Gasteiger charge is -2.10. The molecule has 8 heteroatoms. The third-order valence-corrected chi connectivity index (χ3v) is 2.14. The first-order valence-electron chi connectivity index (χ1n) is 4.49. The summed E-state index contributed by atoms with van der Waals surface area (Å²) in [6.45, 7) is -0.586. The second-order valence-electron chi connectivity index (χ2n) is 3.10. The Kier molecular flexibility index (Phi) is 4.17. The summed E-state index contributed by atoms with van der Waals surface area (Å²) in [5.41, 5.74) is 5.39. The minimum Gasteiger partial charge on any atom is -0.476 e. The molecule has 4 nitrogen and oxygen atoms in total. The van der Waals surface area contributed by atoms with E-state index in [9.17, 15) is 13.2 Å². The number of pyridine rings is 1. The van der Waals surface area contributed by atoms with Crippen molar-refractivity contribution in [1.82, 2.24) is 4.98 Å². The van der Waals surface area contributed by atoms with Crippen LogP contribution in [0.3, 0.4) is 0 Å². The number of nitrogens with one attached hydrogen (secondary N) is 1. The number of hydrogen-bond acceptors (Lipinski definition) is 3. The zero-order chi connectivity index (χ0) is 13.1. The van der Waals surface area contributed by atoms with Gasteiger partial charge in [-0.05, 0) is 6.07 Å². The predicted molar refractivity (Wildman–Crippen MR) is 56.4 cm³/mol. The van der Waals surface area contributed by atoms with Gasteiger partial charge >= 0.3 is 6.18 Å². The van der Waals surface area contributed by atoms with Gasteiger partial charge in [0.1, 0.15) is 10.9 Å². The van der Waals surface area contributed by atoms with Gasteiger partial charge in [0.15, 0.2) is 0 Å². The lowest BCUT2D eigenvalue weighted by Crippen LogP contribution is -2.15. The van der Waals surface area contributed by atoms with Gasteiger partial charge in [0.25, 0.3) is 0 Å². The minimum absolute atomic E-state index is 0.0674. The average Bonchev–Trinajstić information content (AvgIpc) is 2.18. The lowest BCUT2D eigenvalue weighted by atomic mass is 10.2. The number of nitrogen functional groups attached to an aromatic ring is 1. The molecule has 0 unspecified atom stereocenters. The molecule has 0 aliphatic heterocycles. The van der Waals surface area contributed by atoms with Gasteiger partial charge in [-0.2, -0.15) is 13.2 Å². The maximum Gasteiger partial charge on any atom is 0.392 e. The highest BCUT2D eigenvalue weighted by molar-refractivity contribution is 6.35. The van der Waals surface area contributed by atoms with Gasteiger partial charge in [0, 0.05) is 11.8 Å². The van der Waals surface area contributed by atoms with Crippen molar-refractivity contribution in [3.05, 3.63) is 22.8 Å². The zero-order valence-corrected chi connectivity index (χ0v) is 9.27.